The van der Waals surface area contributed by atoms with Crippen molar-refractivity contribution < 1.29 is 23.0 Å². The summed E-state index contributed by atoms with van der Waals surface area (Å²) in [6, 6.07) is 6.17. The molecule has 0 bridgehead atoms. The topological polar surface area (TPSA) is 29.5 Å². The van der Waals surface area contributed by atoms with Crippen molar-refractivity contribution in [2.75, 3.05) is 13.7 Å². The molecule has 88 valence electrons. The smallest absolute Gasteiger partial charge is 0.414 e. The van der Waals surface area contributed by atoms with E-state index in [-0.39, 0.29) is 0 Å². The van der Waals surface area contributed by atoms with E-state index in [1.165, 1.54) is 19.2 Å². The van der Waals surface area contributed by atoms with Gasteiger partial charge in [-0.25, -0.2) is 0 Å². The number of rotatable bonds is 3. The van der Waals surface area contributed by atoms with Gasteiger partial charge in [0.1, 0.15) is 5.75 Å². The van der Waals surface area contributed by atoms with Gasteiger partial charge in [0.05, 0.1) is 19.3 Å². The molecular weight excluding hydrogens is 221 g/mol. The molecule has 0 spiro atoms. The molecule has 1 N–H and O–H groups in total. The third kappa shape index (κ3) is 3.27. The first-order valence-electron chi connectivity index (χ1n) is 4.50. The number of aliphatic hydroxyl groups excluding tert-OH is 1. The van der Waals surface area contributed by atoms with Crippen LogP contribution in [0, 0.1) is 0 Å². The van der Waals surface area contributed by atoms with Gasteiger partial charge < -0.3 is 9.84 Å². The number of aliphatic hydroxyl groups is 1. The maximum Gasteiger partial charge on any atom is 0.414 e. The molecule has 1 aromatic carbocycles. The van der Waals surface area contributed by atoms with Crippen LogP contribution in [0.1, 0.15) is 5.56 Å². The minimum absolute atomic E-state index is 0.334. The van der Waals surface area contributed by atoms with Crippen LogP contribution in [0.2, 0.25) is 0 Å². The Bertz CT molecular complexity index is 383. The van der Waals surface area contributed by atoms with Crippen molar-refractivity contribution in [3.63, 3.8) is 0 Å². The molecule has 1 aromatic rings. The summed E-state index contributed by atoms with van der Waals surface area (Å²) >= 11 is 0. The van der Waals surface area contributed by atoms with Gasteiger partial charge in [0.25, 0.3) is 0 Å². The fourth-order valence-corrected chi connectivity index (χ4v) is 1.15. The molecule has 0 fully saturated rings. The lowest BCUT2D eigenvalue weighted by atomic mass is 10.1. The van der Waals surface area contributed by atoms with Crippen LogP contribution in [0.5, 0.6) is 5.75 Å². The van der Waals surface area contributed by atoms with E-state index in [1.54, 1.807) is 12.1 Å². The van der Waals surface area contributed by atoms with E-state index < -0.39 is 18.4 Å². The molecule has 0 aliphatic heterocycles. The predicted molar refractivity (Wildman–Crippen MR) is 54.1 cm³/mol. The Hall–Kier alpha value is -1.49. The van der Waals surface area contributed by atoms with Gasteiger partial charge in [0, 0.05) is 0 Å². The van der Waals surface area contributed by atoms with Gasteiger partial charge in [0.2, 0.25) is 0 Å². The van der Waals surface area contributed by atoms with E-state index in [0.29, 0.717) is 11.3 Å². The van der Waals surface area contributed by atoms with Gasteiger partial charge in [-0.2, -0.15) is 13.2 Å². The number of hydrogen-bond donors (Lipinski definition) is 1. The summed E-state index contributed by atoms with van der Waals surface area (Å²) < 4.78 is 41.9. The predicted octanol–water partition coefficient (Wildman–Crippen LogP) is 2.63. The third-order valence-corrected chi connectivity index (χ3v) is 1.97. The molecule has 0 unspecified atom stereocenters. The number of ether oxygens (including phenoxy) is 1. The molecule has 0 amide bonds. The van der Waals surface area contributed by atoms with Gasteiger partial charge in [-0.05, 0) is 23.8 Å². The van der Waals surface area contributed by atoms with Crippen molar-refractivity contribution in [1.29, 1.82) is 0 Å². The first-order chi connectivity index (χ1) is 7.47. The Labute approximate surface area is 91.0 Å². The summed E-state index contributed by atoms with van der Waals surface area (Å²) in [4.78, 5) is 0. The normalized spacial score (nSPS) is 12.7. The molecule has 0 aliphatic rings. The molecule has 16 heavy (non-hydrogen) atoms. The number of methoxy groups -OCH3 is 1. The second kappa shape index (κ2) is 5.03. The van der Waals surface area contributed by atoms with E-state index in [0.717, 1.165) is 6.08 Å². The van der Waals surface area contributed by atoms with Crippen molar-refractivity contribution in [2.24, 2.45) is 0 Å². The Morgan fingerprint density at radius 3 is 2.62 bits per heavy atom. The van der Waals surface area contributed by atoms with Crippen LogP contribution < -0.4 is 4.74 Å². The number of hydrogen-bond acceptors (Lipinski definition) is 2. The minimum Gasteiger partial charge on any atom is -0.497 e. The molecule has 0 saturated heterocycles. The highest BCUT2D eigenvalue weighted by atomic mass is 19.4. The Morgan fingerprint density at radius 1 is 1.44 bits per heavy atom. The highest BCUT2D eigenvalue weighted by Crippen LogP contribution is 2.27. The largest absolute Gasteiger partial charge is 0.497 e. The van der Waals surface area contributed by atoms with E-state index in [9.17, 15) is 13.2 Å². The lowest BCUT2D eigenvalue weighted by molar-refractivity contribution is -0.0964. The number of benzene rings is 1. The molecule has 0 atom stereocenters. The zero-order chi connectivity index (χ0) is 12.2. The molecule has 0 aliphatic carbocycles. The van der Waals surface area contributed by atoms with E-state index in [1.807, 2.05) is 0 Å². The first kappa shape index (κ1) is 12.6. The molecule has 5 heteroatoms. The van der Waals surface area contributed by atoms with Crippen LogP contribution in [0.3, 0.4) is 0 Å². The van der Waals surface area contributed by atoms with Gasteiger partial charge in [0.15, 0.2) is 0 Å². The van der Waals surface area contributed by atoms with E-state index in [2.05, 4.69) is 0 Å². The zero-order valence-corrected chi connectivity index (χ0v) is 8.58. The maximum absolute atomic E-state index is 12.3. The molecule has 0 aromatic heterocycles. The van der Waals surface area contributed by atoms with Crippen LogP contribution >= 0.6 is 0 Å². The molecule has 0 heterocycles. The average molecular weight is 232 g/mol. The van der Waals surface area contributed by atoms with Gasteiger partial charge in [-0.15, -0.1) is 0 Å². The molecule has 2 nitrogen and oxygen atoms in total. The maximum atomic E-state index is 12.3. The summed E-state index contributed by atoms with van der Waals surface area (Å²) in [5, 5.41) is 8.63. The lowest BCUT2D eigenvalue weighted by Crippen LogP contribution is -2.14. The van der Waals surface area contributed by atoms with Crippen molar-refractivity contribution in [3.05, 3.63) is 35.4 Å². The second-order valence-electron chi connectivity index (χ2n) is 3.10. The third-order valence-electron chi connectivity index (χ3n) is 1.97. The molecular formula is C11H11F3O2. The Kier molecular flexibility index (Phi) is 3.95. The quantitative estimate of drug-likeness (QED) is 0.868. The van der Waals surface area contributed by atoms with Crippen LogP contribution in [0.4, 0.5) is 13.2 Å². The van der Waals surface area contributed by atoms with Crippen molar-refractivity contribution in [1.82, 2.24) is 0 Å². The van der Waals surface area contributed by atoms with Crippen molar-refractivity contribution in [2.45, 2.75) is 6.18 Å². The molecule has 0 saturated carbocycles. The van der Waals surface area contributed by atoms with Gasteiger partial charge >= 0.3 is 6.18 Å². The lowest BCUT2D eigenvalue weighted by Gasteiger charge is -2.09. The van der Waals surface area contributed by atoms with E-state index >= 15 is 0 Å². The SMILES string of the molecule is COc1cccc(/C=C(\CO)C(F)(F)F)c1. The zero-order valence-electron chi connectivity index (χ0n) is 8.58. The summed E-state index contributed by atoms with van der Waals surface area (Å²) in [5.41, 5.74) is -0.651. The van der Waals surface area contributed by atoms with E-state index in [4.69, 9.17) is 9.84 Å². The fraction of sp³-hybridized carbons (Fsp3) is 0.273. The standard InChI is InChI=1S/C11H11F3O2/c1-16-10-4-2-3-8(6-10)5-9(7-15)11(12,13)14/h2-6,15H,7H2,1H3/b9-5+. The van der Waals surface area contributed by atoms with Gasteiger partial charge in [-0.3, -0.25) is 0 Å². The molecule has 1 rings (SSSR count). The summed E-state index contributed by atoms with van der Waals surface area (Å²) in [6.45, 7) is -1.04. The average Bonchev–Trinajstić information content (AvgIpc) is 2.24. The minimum atomic E-state index is -4.52. The number of halogens is 3. The number of alkyl halides is 3. The Balaban J connectivity index is 3.04. The highest BCUT2D eigenvalue weighted by molar-refractivity contribution is 5.56. The summed E-state index contributed by atoms with van der Waals surface area (Å²) in [6.07, 6.45) is -3.62. The fourth-order valence-electron chi connectivity index (χ4n) is 1.15. The van der Waals surface area contributed by atoms with Crippen molar-refractivity contribution in [3.8, 4) is 5.75 Å². The van der Waals surface area contributed by atoms with Crippen LogP contribution in [0.25, 0.3) is 6.08 Å². The first-order valence-corrected chi connectivity index (χ1v) is 4.50. The summed E-state index contributed by atoms with van der Waals surface area (Å²) in [7, 11) is 1.43. The van der Waals surface area contributed by atoms with Crippen LogP contribution in [-0.4, -0.2) is 25.0 Å². The van der Waals surface area contributed by atoms with Gasteiger partial charge in [-0.1, -0.05) is 12.1 Å². The van der Waals surface area contributed by atoms with Crippen LogP contribution in [0.15, 0.2) is 29.8 Å². The van der Waals surface area contributed by atoms with Crippen molar-refractivity contribution >= 4 is 6.08 Å². The summed E-state index contributed by atoms with van der Waals surface area (Å²) in [5.74, 6) is 0.466. The van der Waals surface area contributed by atoms with Crippen LogP contribution in [-0.2, 0) is 0 Å². The molecule has 0 radical (unpaired) electrons. The Morgan fingerprint density at radius 2 is 2.12 bits per heavy atom. The second-order valence-corrected chi connectivity index (χ2v) is 3.10. The monoisotopic (exact) mass is 232 g/mol. The highest BCUT2D eigenvalue weighted by Gasteiger charge is 2.32.